The molecule has 23 N–H and O–H groups in total. The van der Waals surface area contributed by atoms with Gasteiger partial charge in [-0.3, -0.25) is 95.9 Å². The first kappa shape index (κ1) is 115. The minimum Gasteiger partial charge on any atom is -0.508 e. The van der Waals surface area contributed by atoms with Crippen LogP contribution < -0.4 is 91.2 Å². The molecule has 1 aliphatic heterocycles. The van der Waals surface area contributed by atoms with Crippen molar-refractivity contribution >= 4 is 129 Å². The summed E-state index contributed by atoms with van der Waals surface area (Å²) in [5, 5.41) is 71.9. The number of nitrogens with two attached hydrogens (primary N) is 2. The molecule has 0 bridgehead atoms. The smallest absolute Gasteiger partial charge is 0.303 e. The van der Waals surface area contributed by atoms with Gasteiger partial charge in [0.1, 0.15) is 71.2 Å². The molecule has 0 aliphatic carbocycles. The fourth-order valence-corrected chi connectivity index (χ4v) is 15.4. The zero-order valence-electron chi connectivity index (χ0n) is 81.4. The van der Waals surface area contributed by atoms with Crippen molar-refractivity contribution in [1.29, 1.82) is 0 Å². The van der Waals surface area contributed by atoms with Crippen LogP contribution in [0.1, 0.15) is 217 Å². The highest BCUT2D eigenvalue weighted by molar-refractivity contribution is 6.41. The van der Waals surface area contributed by atoms with E-state index in [4.69, 9.17) is 11.5 Å². The molecule has 0 spiro atoms. The topological polar surface area (TPSA) is 650 Å². The molecule has 758 valence electrons. The van der Waals surface area contributed by atoms with Crippen LogP contribution in [-0.4, -0.2) is 247 Å². The van der Waals surface area contributed by atoms with Crippen LogP contribution in [0.15, 0.2) is 97.2 Å². The van der Waals surface area contributed by atoms with Crippen molar-refractivity contribution in [3.05, 3.63) is 114 Å². The number of aliphatic carboxylic acids is 1. The number of carboxylic acid groups (broad SMARTS) is 1. The molecule has 41 heteroatoms. The fourth-order valence-electron chi connectivity index (χ4n) is 15.4. The predicted molar refractivity (Wildman–Crippen MR) is 510 cm³/mol. The van der Waals surface area contributed by atoms with E-state index in [0.717, 1.165) is 0 Å². The van der Waals surface area contributed by atoms with Gasteiger partial charge in [0.2, 0.25) is 112 Å². The summed E-state index contributed by atoms with van der Waals surface area (Å²) in [4.78, 5) is 283. The van der Waals surface area contributed by atoms with E-state index in [1.165, 1.54) is 100 Å². The zero-order valence-corrected chi connectivity index (χ0v) is 81.4. The number of ketones is 4. The number of carbonyl (C=O) groups excluding carboxylic acids is 19. The second-order valence-corrected chi connectivity index (χ2v) is 37.1. The number of phenolic OH excluding ortho intramolecular Hbond substituents is 1. The van der Waals surface area contributed by atoms with Crippen LogP contribution in [-0.2, 0) is 115 Å². The number of rotatable bonds is 39. The minimum atomic E-state index is -2.08. The Kier molecular flexibility index (Phi) is 46.7. The average molecular weight is 1930 g/mol. The van der Waals surface area contributed by atoms with E-state index in [9.17, 15) is 82.4 Å². The van der Waals surface area contributed by atoms with Gasteiger partial charge in [-0.15, -0.1) is 0 Å². The van der Waals surface area contributed by atoms with Crippen molar-refractivity contribution in [2.24, 2.45) is 35.1 Å². The normalized spacial score (nSPS) is 22.0. The summed E-state index contributed by atoms with van der Waals surface area (Å²) in [7, 11) is 0. The first-order chi connectivity index (χ1) is 64.8. The molecule has 5 rings (SSSR count). The molecule has 15 amide bonds. The lowest BCUT2D eigenvalue weighted by molar-refractivity contribution is -0.140. The van der Waals surface area contributed by atoms with E-state index in [1.54, 1.807) is 88.5 Å². The largest absolute Gasteiger partial charge is 0.508 e. The molecule has 0 fully saturated rings. The number of carbonyl (C=O) groups is 20. The molecular formula is C97H142N18O23. The molecule has 0 saturated carbocycles. The fraction of sp³-hybridized carbons (Fsp3) is 0.567. The highest BCUT2D eigenvalue weighted by Crippen LogP contribution is 2.25. The van der Waals surface area contributed by atoms with Crippen molar-refractivity contribution in [1.82, 2.24) is 84.7 Å². The van der Waals surface area contributed by atoms with Gasteiger partial charge >= 0.3 is 5.97 Å². The van der Waals surface area contributed by atoms with Gasteiger partial charge < -0.3 is 112 Å². The van der Waals surface area contributed by atoms with E-state index in [-0.39, 0.29) is 82.0 Å². The van der Waals surface area contributed by atoms with Gasteiger partial charge in [0, 0.05) is 75.1 Å². The van der Waals surface area contributed by atoms with Gasteiger partial charge in [0.15, 0.2) is 0 Å². The summed E-state index contributed by atoms with van der Waals surface area (Å²) in [5.41, 5.74) is 8.84. The summed E-state index contributed by atoms with van der Waals surface area (Å²) in [5.74, 6) is -21.6. The number of nitrogens with one attached hydrogen (secondary N) is 16. The lowest BCUT2D eigenvalue weighted by Crippen LogP contribution is -2.65. The molecule has 41 nitrogen and oxygen atoms in total. The zero-order chi connectivity index (χ0) is 103. The maximum Gasteiger partial charge on any atom is 0.303 e. The molecule has 0 saturated heterocycles. The second kappa shape index (κ2) is 55.9. The van der Waals surface area contributed by atoms with Crippen LogP contribution in [0.4, 0.5) is 0 Å². The quantitative estimate of drug-likeness (QED) is 0.0216. The summed E-state index contributed by atoms with van der Waals surface area (Å²) >= 11 is 0. The first-order valence-electron chi connectivity index (χ1n) is 46.9. The number of H-pyrrole nitrogens is 1. The average Bonchev–Trinajstić information content (AvgIpc) is 1.72. The highest BCUT2D eigenvalue weighted by Gasteiger charge is 2.44. The SMILES string of the molecule is CC(=O)N[C@@H](CC(C)C)C(=O)N[C@H](C(=O)N[C@@H](Cc1ccccc1)C(=O)N[C@]1(C)CCCCCC/C=C/CCC[C@@](C)(C(=O)NC(C)C(=O)N[C@@H](C)C(=O)NC(C)C(=O)N[C@@H](C)C(=O)C(=O)[C@H](C)NC[C@H](C)C(N)=O)NC(=O)[C@H](CC(C)C)CN[C@@H](CCC(N)=O)C(=O)C(=O)[C@H](C)NC(=O)[C@H](Cc2c[nH]c3ccccc23)NC(=O)C(Cc2ccc(O)cc2)NC(=O)[C@H](CCC(=O)O)NC1=O)[C@@H](C)O. The molecule has 138 heavy (non-hydrogen) atoms. The van der Waals surface area contributed by atoms with Crippen molar-refractivity contribution in [3.63, 3.8) is 0 Å². The summed E-state index contributed by atoms with van der Waals surface area (Å²) in [6, 6.07) is 1.10. The van der Waals surface area contributed by atoms with Crippen molar-refractivity contribution in [2.45, 2.75) is 315 Å². The Morgan fingerprint density at radius 3 is 1.67 bits per heavy atom. The summed E-state index contributed by atoms with van der Waals surface area (Å²) in [6.07, 6.45) is 2.88. The van der Waals surface area contributed by atoms with Crippen molar-refractivity contribution in [3.8, 4) is 5.75 Å². The number of amides is 15. The number of aromatic amines is 1. The lowest BCUT2D eigenvalue weighted by Gasteiger charge is -2.34. The van der Waals surface area contributed by atoms with Gasteiger partial charge in [-0.05, 0) is 173 Å². The summed E-state index contributed by atoms with van der Waals surface area (Å²) in [6.45, 7) is 21.2. The van der Waals surface area contributed by atoms with Crippen molar-refractivity contribution in [2.75, 3.05) is 13.1 Å². The van der Waals surface area contributed by atoms with Crippen LogP contribution in [0, 0.1) is 23.7 Å². The number of allylic oxidation sites excluding steroid dienone is 2. The number of primary amides is 2. The van der Waals surface area contributed by atoms with Gasteiger partial charge in [0.25, 0.3) is 0 Å². The van der Waals surface area contributed by atoms with Crippen LogP contribution >= 0.6 is 0 Å². The van der Waals surface area contributed by atoms with E-state index in [1.807, 2.05) is 12.2 Å². The minimum absolute atomic E-state index is 0.00428. The van der Waals surface area contributed by atoms with E-state index < -0.39 is 257 Å². The van der Waals surface area contributed by atoms with Gasteiger partial charge in [-0.2, -0.15) is 0 Å². The second-order valence-electron chi connectivity index (χ2n) is 37.1. The van der Waals surface area contributed by atoms with Crippen LogP contribution in [0.5, 0.6) is 5.75 Å². The number of carboxylic acids is 1. The molecule has 4 aromatic rings. The Morgan fingerprint density at radius 1 is 0.522 bits per heavy atom. The maximum absolute atomic E-state index is 15.6. The maximum atomic E-state index is 15.6. The van der Waals surface area contributed by atoms with E-state index >= 15 is 28.8 Å². The molecule has 3 unspecified atom stereocenters. The monoisotopic (exact) mass is 1930 g/mol. The number of hydrogen-bond donors (Lipinski definition) is 21. The molecule has 2 heterocycles. The Hall–Kier alpha value is -13.2. The van der Waals surface area contributed by atoms with Crippen LogP contribution in [0.2, 0.25) is 0 Å². The molecule has 0 radical (unpaired) electrons. The Bertz CT molecular complexity index is 4960. The number of aliphatic hydroxyl groups is 1. The van der Waals surface area contributed by atoms with Gasteiger partial charge in [-0.25, -0.2) is 0 Å². The van der Waals surface area contributed by atoms with Crippen molar-refractivity contribution < 1.29 is 111 Å². The van der Waals surface area contributed by atoms with Crippen LogP contribution in [0.25, 0.3) is 10.9 Å². The molecule has 18 atom stereocenters. The standard InChI is InChI=1S/C97H142N18O23/c1-52(2)44-66-51-102-70(38-40-76(98)119)82(125)81(124)57(8)104-89(132)75(48-65-50-101-69-33-27-26-32-68(65)69)110-90(133)73(47-64-34-36-67(118)37-35-64)109-88(131)71(39-41-77(120)121)112-95(138)97(15,115-92(135)74(46-63-30-24-23-25-31-63)111-93(136)78(61(12)116)113-91(134)72(45-53(3)4)108-62(13)117)43-29-22-20-18-16-17-19-21-28-42-96(14,114-87(66)130)94(137)107-60(11)86(129)106-59(10)85(128)105-58(9)84(127)103-56(7)80(123)79(122)55(6)100-49-54(5)83(99)126/h17,19,23-27,30-37,50,52-61,66,70-75,78,100-102,116,118H,16,18,20-22,28-29,38-49,51H2,1-15H3,(H2,98,119)(H2,99,126)(H,103,127)(H,104,132)(H,105,128)(H,106,129)(H,107,137)(H,108,117)(H,109,131)(H,110,133)(H,111,136)(H,112,138)(H,113,134)(H,114,130)(H,115,135)(H,120,121)/b19-17+/t54-,55-,56-,57-,58?,59-,60?,61+,66+,70-,71-,72-,73?,74-,75-,78-,96-,97+/m0/s1. The number of aromatic hydroxyl groups is 1. The number of phenols is 1. The number of fused-ring (bicyclic) bond motifs is 1. The number of benzene rings is 3. The number of aliphatic hydroxyl groups excluding tert-OH is 1. The number of hydrogen-bond acceptors (Lipinski definition) is 24. The molecular weight excluding hydrogens is 1790 g/mol. The van der Waals surface area contributed by atoms with Gasteiger partial charge in [-0.1, -0.05) is 127 Å². The third-order valence-electron chi connectivity index (χ3n) is 23.8. The number of para-hydroxylation sites is 1. The third-order valence-corrected chi connectivity index (χ3v) is 23.8. The Balaban J connectivity index is 1.59. The lowest BCUT2D eigenvalue weighted by atomic mass is 9.89. The van der Waals surface area contributed by atoms with Gasteiger partial charge in [0.05, 0.1) is 36.2 Å². The third kappa shape index (κ3) is 38.1. The first-order valence-corrected chi connectivity index (χ1v) is 46.9. The predicted octanol–water partition coefficient (Wildman–Crippen LogP) is 0.738. The Morgan fingerprint density at radius 2 is 1.08 bits per heavy atom. The molecule has 1 aromatic heterocycles. The summed E-state index contributed by atoms with van der Waals surface area (Å²) < 4.78 is 0. The molecule has 1 aliphatic rings. The molecule has 3 aromatic carbocycles. The van der Waals surface area contributed by atoms with E-state index in [0.29, 0.717) is 59.7 Å². The van der Waals surface area contributed by atoms with Crippen LogP contribution in [0.3, 0.4) is 0 Å². The Labute approximate surface area is 803 Å². The number of Topliss-reactive ketones (excluding diaryl/α,β-unsaturated/α-hetero) is 4. The number of aromatic nitrogens is 1. The highest BCUT2D eigenvalue weighted by atomic mass is 16.4. The van der Waals surface area contributed by atoms with E-state index in [2.05, 4.69) is 84.7 Å².